The highest BCUT2D eigenvalue weighted by Crippen LogP contribution is 2.23. The predicted molar refractivity (Wildman–Crippen MR) is 78.7 cm³/mol. The average molecular weight is 294 g/mol. The van der Waals surface area contributed by atoms with Crippen molar-refractivity contribution in [1.29, 1.82) is 0 Å². The molecule has 116 valence electrons. The quantitative estimate of drug-likeness (QED) is 0.734. The number of benzene rings is 1. The maximum Gasteiger partial charge on any atom is 0.331 e. The normalized spacial score (nSPS) is 15.0. The lowest BCUT2D eigenvalue weighted by Crippen LogP contribution is -2.48. The number of likely N-dealkylation sites (N-methyl/N-ethyl adjacent to an activating group) is 1. The Labute approximate surface area is 124 Å². The standard InChI is InChI=1S/C15H22N2O4/c1-4-9(2)12(16)14(19)17(3)13(15(20)21)10-5-7-11(18)8-6-10/h5-9,12-13,18H,4,16H2,1-3H3,(H,20,21)/t9-,12-,13?/m0/s1. The van der Waals surface area contributed by atoms with Gasteiger partial charge in [-0.1, -0.05) is 32.4 Å². The topological polar surface area (TPSA) is 104 Å². The van der Waals surface area contributed by atoms with Crippen LogP contribution in [0.5, 0.6) is 5.75 Å². The second-order valence-electron chi connectivity index (χ2n) is 5.19. The third-order valence-corrected chi connectivity index (χ3v) is 3.72. The van der Waals surface area contributed by atoms with Gasteiger partial charge < -0.3 is 20.8 Å². The van der Waals surface area contributed by atoms with E-state index in [2.05, 4.69) is 0 Å². The molecule has 3 atom stereocenters. The molecule has 0 aliphatic rings. The van der Waals surface area contributed by atoms with Crippen molar-refractivity contribution in [2.45, 2.75) is 32.4 Å². The molecule has 0 aliphatic heterocycles. The van der Waals surface area contributed by atoms with Crippen LogP contribution in [-0.4, -0.2) is 40.1 Å². The number of carboxylic acids is 1. The molecule has 0 aromatic heterocycles. The van der Waals surface area contributed by atoms with Gasteiger partial charge in [-0.15, -0.1) is 0 Å². The van der Waals surface area contributed by atoms with E-state index in [1.165, 1.54) is 31.3 Å². The van der Waals surface area contributed by atoms with E-state index in [4.69, 9.17) is 5.73 Å². The molecule has 1 aromatic rings. The van der Waals surface area contributed by atoms with Crippen LogP contribution in [0.1, 0.15) is 31.9 Å². The zero-order chi connectivity index (χ0) is 16.2. The molecule has 1 amide bonds. The summed E-state index contributed by atoms with van der Waals surface area (Å²) >= 11 is 0. The van der Waals surface area contributed by atoms with Gasteiger partial charge in [-0.2, -0.15) is 0 Å². The second kappa shape index (κ2) is 7.08. The van der Waals surface area contributed by atoms with Crippen LogP contribution in [0.4, 0.5) is 0 Å². The largest absolute Gasteiger partial charge is 0.508 e. The molecule has 1 unspecified atom stereocenters. The first kappa shape index (κ1) is 17.0. The van der Waals surface area contributed by atoms with Crippen molar-refractivity contribution in [3.05, 3.63) is 29.8 Å². The molecule has 0 aliphatic carbocycles. The van der Waals surface area contributed by atoms with Crippen LogP contribution in [0.15, 0.2) is 24.3 Å². The number of aromatic hydroxyl groups is 1. The second-order valence-corrected chi connectivity index (χ2v) is 5.19. The van der Waals surface area contributed by atoms with Crippen molar-refractivity contribution in [1.82, 2.24) is 4.90 Å². The Balaban J connectivity index is 3.03. The zero-order valence-corrected chi connectivity index (χ0v) is 12.5. The van der Waals surface area contributed by atoms with Gasteiger partial charge in [0.2, 0.25) is 5.91 Å². The molecule has 21 heavy (non-hydrogen) atoms. The fourth-order valence-corrected chi connectivity index (χ4v) is 2.05. The lowest BCUT2D eigenvalue weighted by molar-refractivity contribution is -0.150. The van der Waals surface area contributed by atoms with Gasteiger partial charge in [-0.05, 0) is 23.6 Å². The summed E-state index contributed by atoms with van der Waals surface area (Å²) in [5, 5.41) is 18.7. The van der Waals surface area contributed by atoms with Crippen molar-refractivity contribution < 1.29 is 19.8 Å². The minimum atomic E-state index is -1.15. The van der Waals surface area contributed by atoms with Gasteiger partial charge in [0, 0.05) is 7.05 Å². The molecular formula is C15H22N2O4. The number of amides is 1. The Bertz CT molecular complexity index is 501. The van der Waals surface area contributed by atoms with E-state index in [9.17, 15) is 19.8 Å². The average Bonchev–Trinajstić information content (AvgIpc) is 2.46. The number of carbonyl (C=O) groups excluding carboxylic acids is 1. The summed E-state index contributed by atoms with van der Waals surface area (Å²) in [6.07, 6.45) is 0.734. The lowest BCUT2D eigenvalue weighted by Gasteiger charge is -2.29. The summed E-state index contributed by atoms with van der Waals surface area (Å²) in [6, 6.07) is 3.86. The molecule has 4 N–H and O–H groups in total. The Kier molecular flexibility index (Phi) is 5.72. The number of aliphatic carboxylic acids is 1. The Morgan fingerprint density at radius 2 is 1.81 bits per heavy atom. The van der Waals surface area contributed by atoms with Crippen LogP contribution >= 0.6 is 0 Å². The molecule has 6 nitrogen and oxygen atoms in total. The number of hydrogen-bond donors (Lipinski definition) is 3. The van der Waals surface area contributed by atoms with Crippen molar-refractivity contribution in [3.63, 3.8) is 0 Å². The van der Waals surface area contributed by atoms with Crippen molar-refractivity contribution in [3.8, 4) is 5.75 Å². The summed E-state index contributed by atoms with van der Waals surface area (Å²) in [6.45, 7) is 3.78. The molecule has 0 saturated heterocycles. The highest BCUT2D eigenvalue weighted by atomic mass is 16.4. The van der Waals surface area contributed by atoms with Crippen LogP contribution in [0.3, 0.4) is 0 Å². The summed E-state index contributed by atoms with van der Waals surface area (Å²) < 4.78 is 0. The third kappa shape index (κ3) is 3.95. The van der Waals surface area contributed by atoms with Crippen molar-refractivity contribution in [2.75, 3.05) is 7.05 Å². The summed E-state index contributed by atoms with van der Waals surface area (Å²) in [5.41, 5.74) is 6.30. The van der Waals surface area contributed by atoms with Gasteiger partial charge in [0.05, 0.1) is 6.04 Å². The molecule has 1 aromatic carbocycles. The number of hydrogen-bond acceptors (Lipinski definition) is 4. The third-order valence-electron chi connectivity index (χ3n) is 3.72. The maximum absolute atomic E-state index is 12.3. The summed E-state index contributed by atoms with van der Waals surface area (Å²) in [4.78, 5) is 25.0. The molecule has 1 rings (SSSR count). The first-order chi connectivity index (χ1) is 9.79. The minimum Gasteiger partial charge on any atom is -0.508 e. The highest BCUT2D eigenvalue weighted by Gasteiger charge is 2.32. The van der Waals surface area contributed by atoms with E-state index in [0.717, 1.165) is 11.3 Å². The molecule has 6 heteroatoms. The van der Waals surface area contributed by atoms with E-state index in [1.807, 2.05) is 13.8 Å². The number of nitrogens with zero attached hydrogens (tertiary/aromatic N) is 1. The van der Waals surface area contributed by atoms with Crippen molar-refractivity contribution >= 4 is 11.9 Å². The molecular weight excluding hydrogens is 272 g/mol. The Morgan fingerprint density at radius 1 is 1.29 bits per heavy atom. The first-order valence-corrected chi connectivity index (χ1v) is 6.83. The predicted octanol–water partition coefficient (Wildman–Crippen LogP) is 1.35. The molecule has 0 spiro atoms. The van der Waals surface area contributed by atoms with Crippen LogP contribution in [0.25, 0.3) is 0 Å². The Hall–Kier alpha value is -2.08. The van der Waals surface area contributed by atoms with Crippen LogP contribution < -0.4 is 5.73 Å². The number of carbonyl (C=O) groups is 2. The Morgan fingerprint density at radius 3 is 2.24 bits per heavy atom. The van der Waals surface area contributed by atoms with Gasteiger partial charge in [0.1, 0.15) is 5.75 Å². The number of phenolic OH excluding ortho intramolecular Hbond substituents is 1. The van der Waals surface area contributed by atoms with E-state index in [-0.39, 0.29) is 11.7 Å². The van der Waals surface area contributed by atoms with Gasteiger partial charge in [-0.25, -0.2) is 4.79 Å². The van der Waals surface area contributed by atoms with Gasteiger partial charge in [0.25, 0.3) is 0 Å². The maximum atomic E-state index is 12.3. The first-order valence-electron chi connectivity index (χ1n) is 6.83. The lowest BCUT2D eigenvalue weighted by atomic mass is 9.97. The molecule has 0 bridgehead atoms. The monoisotopic (exact) mass is 294 g/mol. The van der Waals surface area contributed by atoms with Gasteiger partial charge in [0.15, 0.2) is 6.04 Å². The highest BCUT2D eigenvalue weighted by molar-refractivity contribution is 5.87. The summed E-state index contributed by atoms with van der Waals surface area (Å²) in [5.74, 6) is -1.56. The fourth-order valence-electron chi connectivity index (χ4n) is 2.05. The summed E-state index contributed by atoms with van der Waals surface area (Å²) in [7, 11) is 1.43. The fraction of sp³-hybridized carbons (Fsp3) is 0.467. The van der Waals surface area contributed by atoms with Gasteiger partial charge in [-0.3, -0.25) is 4.79 Å². The zero-order valence-electron chi connectivity index (χ0n) is 12.5. The number of carboxylic acid groups (broad SMARTS) is 1. The van der Waals surface area contributed by atoms with E-state index in [0.29, 0.717) is 5.56 Å². The van der Waals surface area contributed by atoms with Crippen LogP contribution in [-0.2, 0) is 9.59 Å². The molecule has 0 radical (unpaired) electrons. The number of rotatable bonds is 6. The van der Waals surface area contributed by atoms with Gasteiger partial charge >= 0.3 is 5.97 Å². The number of nitrogens with two attached hydrogens (primary N) is 1. The molecule has 0 fully saturated rings. The van der Waals surface area contributed by atoms with Crippen LogP contribution in [0, 0.1) is 5.92 Å². The van der Waals surface area contributed by atoms with E-state index in [1.54, 1.807) is 0 Å². The SMILES string of the molecule is CC[C@H](C)[C@H](N)C(=O)N(C)C(C(=O)O)c1ccc(O)cc1. The number of phenols is 1. The smallest absolute Gasteiger partial charge is 0.331 e. The minimum absolute atomic E-state index is 0.0331. The van der Waals surface area contributed by atoms with Crippen LogP contribution in [0.2, 0.25) is 0 Å². The van der Waals surface area contributed by atoms with E-state index >= 15 is 0 Å². The molecule has 0 saturated carbocycles. The van der Waals surface area contributed by atoms with Crippen molar-refractivity contribution in [2.24, 2.45) is 11.7 Å². The van der Waals surface area contributed by atoms with E-state index < -0.39 is 24.0 Å². The molecule has 0 heterocycles.